The van der Waals surface area contributed by atoms with Gasteiger partial charge in [-0.2, -0.15) is 11.3 Å². The first-order valence-electron chi connectivity index (χ1n) is 7.00. The summed E-state index contributed by atoms with van der Waals surface area (Å²) < 4.78 is 0. The smallest absolute Gasteiger partial charge is 0.255 e. The predicted molar refractivity (Wildman–Crippen MR) is 91.4 cm³/mol. The molecule has 3 nitrogen and oxygen atoms in total. The summed E-state index contributed by atoms with van der Waals surface area (Å²) >= 11 is 1.61. The summed E-state index contributed by atoms with van der Waals surface area (Å²) in [5.41, 5.74) is 5.53. The van der Waals surface area contributed by atoms with Crippen LogP contribution in [0.1, 0.15) is 21.5 Å². The average molecular weight is 308 g/mol. The van der Waals surface area contributed by atoms with E-state index in [1.54, 1.807) is 23.6 Å². The Morgan fingerprint density at radius 3 is 2.55 bits per heavy atom. The normalized spacial score (nSPS) is 10.5. The predicted octanol–water partition coefficient (Wildman–Crippen LogP) is 4.68. The van der Waals surface area contributed by atoms with E-state index in [-0.39, 0.29) is 5.91 Å². The second-order valence-electron chi connectivity index (χ2n) is 5.27. The summed E-state index contributed by atoms with van der Waals surface area (Å²) in [5, 5.41) is 6.97. The highest BCUT2D eigenvalue weighted by Crippen LogP contribution is 2.21. The number of carbonyl (C=O) groups excluding carboxylic acids is 1. The summed E-state index contributed by atoms with van der Waals surface area (Å²) in [6.45, 7) is 4.04. The summed E-state index contributed by atoms with van der Waals surface area (Å²) in [7, 11) is 0. The highest BCUT2D eigenvalue weighted by molar-refractivity contribution is 7.08. The highest BCUT2D eigenvalue weighted by atomic mass is 32.1. The van der Waals surface area contributed by atoms with Crippen molar-refractivity contribution in [2.45, 2.75) is 13.8 Å². The Balaban J connectivity index is 1.85. The quantitative estimate of drug-likeness (QED) is 0.763. The van der Waals surface area contributed by atoms with Crippen LogP contribution in [0.2, 0.25) is 0 Å². The van der Waals surface area contributed by atoms with Crippen molar-refractivity contribution in [1.29, 1.82) is 0 Å². The van der Waals surface area contributed by atoms with Crippen molar-refractivity contribution in [2.24, 2.45) is 0 Å². The van der Waals surface area contributed by atoms with Gasteiger partial charge < -0.3 is 5.32 Å². The molecule has 3 rings (SSSR count). The third kappa shape index (κ3) is 3.23. The third-order valence-corrected chi connectivity index (χ3v) is 4.00. The van der Waals surface area contributed by atoms with Crippen molar-refractivity contribution in [3.05, 3.63) is 70.0 Å². The zero-order valence-corrected chi connectivity index (χ0v) is 13.3. The maximum absolute atomic E-state index is 12.4. The Bertz CT molecular complexity index is 789. The lowest BCUT2D eigenvalue weighted by molar-refractivity contribution is 0.102. The van der Waals surface area contributed by atoms with Crippen molar-refractivity contribution in [1.82, 2.24) is 4.98 Å². The molecule has 0 fully saturated rings. The lowest BCUT2D eigenvalue weighted by atomic mass is 10.1. The molecule has 0 atom stereocenters. The number of nitrogens with one attached hydrogen (secondary N) is 1. The minimum atomic E-state index is -0.121. The maximum atomic E-state index is 12.4. The first-order valence-corrected chi connectivity index (χ1v) is 7.94. The van der Waals surface area contributed by atoms with Crippen LogP contribution in [0.15, 0.2) is 53.4 Å². The molecule has 110 valence electrons. The number of aromatic nitrogens is 1. The molecule has 0 spiro atoms. The molecule has 1 amide bonds. The molecule has 1 aromatic carbocycles. The van der Waals surface area contributed by atoms with Gasteiger partial charge >= 0.3 is 0 Å². The molecule has 0 aliphatic rings. The zero-order chi connectivity index (χ0) is 15.5. The fourth-order valence-corrected chi connectivity index (χ4v) is 3.04. The van der Waals surface area contributed by atoms with E-state index in [0.717, 1.165) is 28.1 Å². The van der Waals surface area contributed by atoms with Gasteiger partial charge in [-0.15, -0.1) is 0 Å². The summed E-state index contributed by atoms with van der Waals surface area (Å²) in [6, 6.07) is 11.6. The van der Waals surface area contributed by atoms with Gasteiger partial charge in [0, 0.05) is 28.4 Å². The molecule has 0 saturated carbocycles. The van der Waals surface area contributed by atoms with Gasteiger partial charge in [-0.1, -0.05) is 6.07 Å². The van der Waals surface area contributed by atoms with E-state index in [4.69, 9.17) is 0 Å². The van der Waals surface area contributed by atoms with Gasteiger partial charge in [-0.05, 0) is 60.7 Å². The van der Waals surface area contributed by atoms with E-state index in [2.05, 4.69) is 16.4 Å². The van der Waals surface area contributed by atoms with Crippen molar-refractivity contribution in [3.63, 3.8) is 0 Å². The summed E-state index contributed by atoms with van der Waals surface area (Å²) in [4.78, 5) is 16.7. The standard InChI is InChI=1S/C18H16N2OS/c1-12-7-13(2)9-16(8-12)20-18(21)14-3-5-19-17(10-14)15-4-6-22-11-15/h3-11H,1-2H3,(H,20,21). The fourth-order valence-electron chi connectivity index (χ4n) is 2.39. The van der Waals surface area contributed by atoms with Gasteiger partial charge in [0.2, 0.25) is 0 Å². The number of aryl methyl sites for hydroxylation is 2. The number of hydrogen-bond donors (Lipinski definition) is 1. The van der Waals surface area contributed by atoms with Crippen LogP contribution in [0.5, 0.6) is 0 Å². The molecular formula is C18H16N2OS. The molecule has 0 unspecified atom stereocenters. The highest BCUT2D eigenvalue weighted by Gasteiger charge is 2.09. The van der Waals surface area contributed by atoms with Crippen LogP contribution >= 0.6 is 11.3 Å². The zero-order valence-electron chi connectivity index (χ0n) is 12.5. The molecule has 1 N–H and O–H groups in total. The number of carbonyl (C=O) groups is 1. The molecule has 3 aromatic rings. The first kappa shape index (κ1) is 14.5. The van der Waals surface area contributed by atoms with Crippen LogP contribution in [0, 0.1) is 13.8 Å². The molecule has 0 aliphatic carbocycles. The molecule has 4 heteroatoms. The van der Waals surface area contributed by atoms with Crippen molar-refractivity contribution in [2.75, 3.05) is 5.32 Å². The average Bonchev–Trinajstić information content (AvgIpc) is 3.00. The van der Waals surface area contributed by atoms with Crippen molar-refractivity contribution in [3.8, 4) is 11.3 Å². The molecule has 0 radical (unpaired) electrons. The van der Waals surface area contributed by atoms with Crippen LogP contribution in [0.3, 0.4) is 0 Å². The number of rotatable bonds is 3. The number of benzene rings is 1. The van der Waals surface area contributed by atoms with Crippen LogP contribution in [-0.2, 0) is 0 Å². The number of nitrogens with zero attached hydrogens (tertiary/aromatic N) is 1. The Morgan fingerprint density at radius 1 is 1.09 bits per heavy atom. The SMILES string of the molecule is Cc1cc(C)cc(NC(=O)c2ccnc(-c3ccsc3)c2)c1. The van der Waals surface area contributed by atoms with Crippen LogP contribution < -0.4 is 5.32 Å². The first-order chi connectivity index (χ1) is 10.6. The lowest BCUT2D eigenvalue weighted by Crippen LogP contribution is -2.12. The summed E-state index contributed by atoms with van der Waals surface area (Å²) in [6.07, 6.45) is 1.67. The number of anilines is 1. The largest absolute Gasteiger partial charge is 0.322 e. The van der Waals surface area contributed by atoms with Gasteiger partial charge in [0.05, 0.1) is 5.69 Å². The van der Waals surface area contributed by atoms with Crippen LogP contribution in [-0.4, -0.2) is 10.9 Å². The molecule has 0 aliphatic heterocycles. The fraction of sp³-hybridized carbons (Fsp3) is 0.111. The second-order valence-corrected chi connectivity index (χ2v) is 6.05. The number of thiophene rings is 1. The Labute approximate surface area is 133 Å². The topological polar surface area (TPSA) is 42.0 Å². The molecular weight excluding hydrogens is 292 g/mol. The number of pyridine rings is 1. The Morgan fingerprint density at radius 2 is 1.86 bits per heavy atom. The lowest BCUT2D eigenvalue weighted by Gasteiger charge is -2.08. The maximum Gasteiger partial charge on any atom is 0.255 e. The van der Waals surface area contributed by atoms with Gasteiger partial charge in [-0.3, -0.25) is 9.78 Å². The number of hydrogen-bond acceptors (Lipinski definition) is 3. The van der Waals surface area contributed by atoms with Gasteiger partial charge in [0.1, 0.15) is 0 Å². The monoisotopic (exact) mass is 308 g/mol. The summed E-state index contributed by atoms with van der Waals surface area (Å²) in [5.74, 6) is -0.121. The van der Waals surface area contributed by atoms with Crippen LogP contribution in [0.25, 0.3) is 11.3 Å². The van der Waals surface area contributed by atoms with Gasteiger partial charge in [0.25, 0.3) is 5.91 Å². The second kappa shape index (κ2) is 6.12. The molecule has 2 heterocycles. The van der Waals surface area contributed by atoms with Gasteiger partial charge in [-0.25, -0.2) is 0 Å². The van der Waals surface area contributed by atoms with E-state index in [9.17, 15) is 4.79 Å². The molecule has 0 saturated heterocycles. The molecule has 2 aromatic heterocycles. The van der Waals surface area contributed by atoms with E-state index < -0.39 is 0 Å². The Hall–Kier alpha value is -2.46. The minimum absolute atomic E-state index is 0.121. The van der Waals surface area contributed by atoms with E-state index in [1.165, 1.54) is 0 Å². The third-order valence-electron chi connectivity index (χ3n) is 3.32. The van der Waals surface area contributed by atoms with Gasteiger partial charge in [0.15, 0.2) is 0 Å². The molecule has 0 bridgehead atoms. The number of amides is 1. The molecule has 22 heavy (non-hydrogen) atoms. The van der Waals surface area contributed by atoms with E-state index in [1.807, 2.05) is 48.9 Å². The van der Waals surface area contributed by atoms with E-state index >= 15 is 0 Å². The Kier molecular flexibility index (Phi) is 4.02. The van der Waals surface area contributed by atoms with E-state index in [0.29, 0.717) is 5.56 Å². The minimum Gasteiger partial charge on any atom is -0.322 e. The van der Waals surface area contributed by atoms with Crippen molar-refractivity contribution >= 4 is 22.9 Å². The van der Waals surface area contributed by atoms with Crippen LogP contribution in [0.4, 0.5) is 5.69 Å². The van der Waals surface area contributed by atoms with Crippen molar-refractivity contribution < 1.29 is 4.79 Å².